The van der Waals surface area contributed by atoms with Gasteiger partial charge in [-0.3, -0.25) is 15.1 Å². The van der Waals surface area contributed by atoms with E-state index in [4.69, 9.17) is 5.84 Å². The molecule has 1 aromatic rings. The Labute approximate surface area is 132 Å². The van der Waals surface area contributed by atoms with E-state index in [0.29, 0.717) is 25.1 Å². The van der Waals surface area contributed by atoms with Crippen LogP contribution in [0.3, 0.4) is 0 Å². The zero-order valence-corrected chi connectivity index (χ0v) is 13.9. The number of hydrazine groups is 1. The highest BCUT2D eigenvalue weighted by Crippen LogP contribution is 2.21. The van der Waals surface area contributed by atoms with E-state index in [1.165, 1.54) is 0 Å². The van der Waals surface area contributed by atoms with E-state index in [0.717, 1.165) is 16.6 Å². The van der Waals surface area contributed by atoms with Gasteiger partial charge < -0.3 is 0 Å². The summed E-state index contributed by atoms with van der Waals surface area (Å²) < 4.78 is 24.0. The Morgan fingerprint density at radius 3 is 2.76 bits per heavy atom. The quantitative estimate of drug-likeness (QED) is 0.460. The average molecular weight is 376 g/mol. The summed E-state index contributed by atoms with van der Waals surface area (Å²) in [5.41, 5.74) is 3.58. The Morgan fingerprint density at radius 1 is 1.33 bits per heavy atom. The maximum absolute atomic E-state index is 11.6. The number of hydrogen-bond donors (Lipinski definition) is 2. The summed E-state index contributed by atoms with van der Waals surface area (Å²) in [6, 6.07) is 5.27. The second-order valence-electron chi connectivity index (χ2n) is 5.06. The molecule has 0 aliphatic carbocycles. The molecule has 116 valence electrons. The largest absolute Gasteiger partial charge is 0.298 e. The van der Waals surface area contributed by atoms with Crippen LogP contribution in [0.5, 0.6) is 0 Å². The molecule has 1 amide bonds. The standard InChI is InChI=1S/C13H18BrN3O3S/c14-12-8-10(13(18)16-15)2-3-11(12)9-17-4-1-6-21(19,20)7-5-17/h2-3,8H,1,4-7,9,15H2,(H,16,18). The van der Waals surface area contributed by atoms with Gasteiger partial charge in [0.15, 0.2) is 9.84 Å². The molecule has 1 aliphatic rings. The van der Waals surface area contributed by atoms with Gasteiger partial charge in [0.05, 0.1) is 11.5 Å². The molecule has 1 fully saturated rings. The minimum Gasteiger partial charge on any atom is -0.298 e. The van der Waals surface area contributed by atoms with E-state index in [9.17, 15) is 13.2 Å². The topological polar surface area (TPSA) is 92.5 Å². The third-order valence-corrected chi connectivity index (χ3v) is 5.94. The van der Waals surface area contributed by atoms with E-state index in [1.54, 1.807) is 12.1 Å². The number of nitrogens with zero attached hydrogens (tertiary/aromatic N) is 1. The molecule has 0 bridgehead atoms. The van der Waals surface area contributed by atoms with Gasteiger partial charge >= 0.3 is 0 Å². The second-order valence-corrected chi connectivity index (χ2v) is 8.22. The molecule has 1 saturated heterocycles. The first kappa shape index (κ1) is 16.4. The van der Waals surface area contributed by atoms with Crippen molar-refractivity contribution >= 4 is 31.7 Å². The van der Waals surface area contributed by atoms with Crippen LogP contribution in [0.25, 0.3) is 0 Å². The molecule has 1 aromatic carbocycles. The second kappa shape index (κ2) is 6.87. The molecule has 6 nitrogen and oxygen atoms in total. The van der Waals surface area contributed by atoms with Crippen molar-refractivity contribution in [1.29, 1.82) is 0 Å². The third kappa shape index (κ3) is 4.50. The Balaban J connectivity index is 2.08. The van der Waals surface area contributed by atoms with Crippen molar-refractivity contribution in [3.8, 4) is 0 Å². The summed E-state index contributed by atoms with van der Waals surface area (Å²) in [6.07, 6.45) is 0.660. The van der Waals surface area contributed by atoms with E-state index >= 15 is 0 Å². The smallest absolute Gasteiger partial charge is 0.265 e. The van der Waals surface area contributed by atoms with Crippen molar-refractivity contribution in [2.45, 2.75) is 13.0 Å². The molecule has 0 unspecified atom stereocenters. The summed E-state index contributed by atoms with van der Waals surface area (Å²) in [7, 11) is -2.90. The minimum absolute atomic E-state index is 0.207. The highest BCUT2D eigenvalue weighted by atomic mass is 79.9. The predicted octanol–water partition coefficient (Wildman–Crippen LogP) is 0.673. The molecule has 0 aromatic heterocycles. The van der Waals surface area contributed by atoms with E-state index < -0.39 is 9.84 Å². The fourth-order valence-corrected chi connectivity index (χ4v) is 4.10. The average Bonchev–Trinajstić information content (AvgIpc) is 2.61. The first-order valence-electron chi connectivity index (χ1n) is 6.63. The lowest BCUT2D eigenvalue weighted by Crippen LogP contribution is -2.30. The number of carbonyl (C=O) groups excluding carboxylic acids is 1. The summed E-state index contributed by atoms with van der Waals surface area (Å²) in [6.45, 7) is 1.96. The van der Waals surface area contributed by atoms with Crippen LogP contribution in [0.2, 0.25) is 0 Å². The van der Waals surface area contributed by atoms with Gasteiger partial charge in [-0.05, 0) is 30.7 Å². The van der Waals surface area contributed by atoms with Gasteiger partial charge in [-0.25, -0.2) is 14.3 Å². The van der Waals surface area contributed by atoms with E-state index in [-0.39, 0.29) is 17.4 Å². The van der Waals surface area contributed by atoms with Crippen LogP contribution in [0, 0.1) is 0 Å². The SMILES string of the molecule is NNC(=O)c1ccc(CN2CCCS(=O)(=O)CC2)c(Br)c1. The monoisotopic (exact) mass is 375 g/mol. The summed E-state index contributed by atoms with van der Waals surface area (Å²) in [5, 5.41) is 0. The highest BCUT2D eigenvalue weighted by molar-refractivity contribution is 9.10. The fourth-order valence-electron chi connectivity index (χ4n) is 2.29. The third-order valence-electron chi connectivity index (χ3n) is 3.49. The normalized spacial score (nSPS) is 19.0. The van der Waals surface area contributed by atoms with Crippen LogP contribution >= 0.6 is 15.9 Å². The van der Waals surface area contributed by atoms with Crippen LogP contribution in [0.15, 0.2) is 22.7 Å². The first-order chi connectivity index (χ1) is 9.91. The number of rotatable bonds is 3. The number of nitrogens with one attached hydrogen (secondary N) is 1. The van der Waals surface area contributed by atoms with Gasteiger partial charge in [0.25, 0.3) is 5.91 Å². The van der Waals surface area contributed by atoms with Gasteiger partial charge in [0, 0.05) is 23.1 Å². The number of nitrogen functional groups attached to an aromatic ring is 1. The number of amides is 1. The maximum Gasteiger partial charge on any atom is 0.265 e. The van der Waals surface area contributed by atoms with Gasteiger partial charge in [-0.1, -0.05) is 22.0 Å². The van der Waals surface area contributed by atoms with Crippen molar-refractivity contribution in [3.63, 3.8) is 0 Å². The number of carbonyl (C=O) groups is 1. The summed E-state index contributed by atoms with van der Waals surface area (Å²) in [5.74, 6) is 5.23. The minimum atomic E-state index is -2.90. The lowest BCUT2D eigenvalue weighted by Gasteiger charge is -2.20. The molecule has 1 aliphatic heterocycles. The van der Waals surface area contributed by atoms with Crippen molar-refractivity contribution in [1.82, 2.24) is 10.3 Å². The van der Waals surface area contributed by atoms with Crippen LogP contribution in [-0.2, 0) is 16.4 Å². The predicted molar refractivity (Wildman–Crippen MR) is 84.3 cm³/mol. The molecular formula is C13H18BrN3O3S. The molecule has 21 heavy (non-hydrogen) atoms. The fraction of sp³-hybridized carbons (Fsp3) is 0.462. The summed E-state index contributed by atoms with van der Waals surface area (Å²) in [4.78, 5) is 13.6. The number of nitrogens with two attached hydrogens (primary N) is 1. The molecule has 0 atom stereocenters. The Bertz CT molecular complexity index is 634. The maximum atomic E-state index is 11.6. The van der Waals surface area contributed by atoms with E-state index in [1.807, 2.05) is 6.07 Å². The highest BCUT2D eigenvalue weighted by Gasteiger charge is 2.19. The number of halogens is 1. The zero-order valence-electron chi connectivity index (χ0n) is 11.5. The van der Waals surface area contributed by atoms with Crippen molar-refractivity contribution in [3.05, 3.63) is 33.8 Å². The Morgan fingerprint density at radius 2 is 2.10 bits per heavy atom. The van der Waals surface area contributed by atoms with Crippen LogP contribution in [-0.4, -0.2) is 43.8 Å². The molecule has 0 spiro atoms. The lowest BCUT2D eigenvalue weighted by atomic mass is 10.1. The van der Waals surface area contributed by atoms with Gasteiger partial charge in [0.2, 0.25) is 0 Å². The first-order valence-corrected chi connectivity index (χ1v) is 9.25. The number of sulfone groups is 1. The zero-order chi connectivity index (χ0) is 15.5. The molecule has 2 rings (SSSR count). The van der Waals surface area contributed by atoms with Gasteiger partial charge in [-0.15, -0.1) is 0 Å². The molecule has 3 N–H and O–H groups in total. The van der Waals surface area contributed by atoms with Gasteiger partial charge in [-0.2, -0.15) is 0 Å². The van der Waals surface area contributed by atoms with Crippen LogP contribution in [0.1, 0.15) is 22.3 Å². The van der Waals surface area contributed by atoms with Crippen molar-refractivity contribution < 1.29 is 13.2 Å². The lowest BCUT2D eigenvalue weighted by molar-refractivity contribution is 0.0953. The summed E-state index contributed by atoms with van der Waals surface area (Å²) >= 11 is 3.45. The number of hydrogen-bond acceptors (Lipinski definition) is 5. The molecule has 1 heterocycles. The Hall–Kier alpha value is -0.960. The van der Waals surface area contributed by atoms with Crippen LogP contribution in [0.4, 0.5) is 0 Å². The van der Waals surface area contributed by atoms with Crippen molar-refractivity contribution in [2.75, 3.05) is 24.6 Å². The molecular weight excluding hydrogens is 358 g/mol. The molecule has 0 radical (unpaired) electrons. The van der Waals surface area contributed by atoms with Crippen LogP contribution < -0.4 is 11.3 Å². The Kier molecular flexibility index (Phi) is 5.37. The number of benzene rings is 1. The molecule has 8 heteroatoms. The van der Waals surface area contributed by atoms with Crippen molar-refractivity contribution in [2.24, 2.45) is 5.84 Å². The molecule has 0 saturated carbocycles. The van der Waals surface area contributed by atoms with E-state index in [2.05, 4.69) is 26.3 Å². The van der Waals surface area contributed by atoms with Gasteiger partial charge in [0.1, 0.15) is 0 Å².